The Bertz CT molecular complexity index is 1670. The summed E-state index contributed by atoms with van der Waals surface area (Å²) in [5.41, 5.74) is 7.01. The quantitative estimate of drug-likeness (QED) is 0.154. The van der Waals surface area contributed by atoms with Gasteiger partial charge in [0.1, 0.15) is 5.75 Å². The summed E-state index contributed by atoms with van der Waals surface area (Å²) in [4.78, 5) is 4.91. The number of imidazole rings is 1. The summed E-state index contributed by atoms with van der Waals surface area (Å²) < 4.78 is 8.26. The first-order valence-electron chi connectivity index (χ1n) is 11.4. The fourth-order valence-electron chi connectivity index (χ4n) is 5.40. The van der Waals surface area contributed by atoms with Crippen LogP contribution in [0.4, 0.5) is 0 Å². The molecule has 0 fully saturated rings. The van der Waals surface area contributed by atoms with Crippen LogP contribution in [-0.2, 0) is 20.1 Å². The third-order valence-electron chi connectivity index (χ3n) is 6.85. The molecule has 0 spiro atoms. The average Bonchev–Trinajstić information content (AvgIpc) is 3.34. The molecule has 6 aromatic rings. The maximum Gasteiger partial charge on any atom is 0.123 e. The summed E-state index contributed by atoms with van der Waals surface area (Å²) >= 11 is 0. The Balaban J connectivity index is 0.00000217. The molecule has 167 valence electrons. The van der Waals surface area contributed by atoms with Crippen molar-refractivity contribution < 1.29 is 24.8 Å². The number of benzene rings is 4. The molecule has 0 aliphatic carbocycles. The molecule has 1 radical (unpaired) electrons. The second-order valence-corrected chi connectivity index (χ2v) is 8.59. The number of rotatable bonds is 2. The van der Waals surface area contributed by atoms with E-state index in [-0.39, 0.29) is 26.0 Å². The van der Waals surface area contributed by atoms with Gasteiger partial charge in [0.2, 0.25) is 0 Å². The molecule has 4 aromatic carbocycles. The molecule has 1 unspecified atom stereocenters. The van der Waals surface area contributed by atoms with Gasteiger partial charge in [-0.15, -0.1) is 29.7 Å². The van der Waals surface area contributed by atoms with E-state index in [4.69, 9.17) is 9.72 Å². The van der Waals surface area contributed by atoms with Crippen molar-refractivity contribution in [3.8, 4) is 17.0 Å². The van der Waals surface area contributed by atoms with Gasteiger partial charge in [0.25, 0.3) is 0 Å². The summed E-state index contributed by atoms with van der Waals surface area (Å²) in [6.07, 6.45) is 2.98. The molecule has 7 rings (SSSR count). The normalized spacial score (nSPS) is 15.1. The Morgan fingerprint density at radius 2 is 1.59 bits per heavy atom. The van der Waals surface area contributed by atoms with E-state index in [1.807, 2.05) is 24.4 Å². The number of nitrogens with zero attached hydrogens (tertiary/aromatic N) is 2. The predicted octanol–water partition coefficient (Wildman–Crippen LogP) is 7.02. The number of fused-ring (bicyclic) bond motifs is 7. The second-order valence-electron chi connectivity index (χ2n) is 8.59. The fraction of sp³-hybridized carbons (Fsp3) is 0.100. The van der Waals surface area contributed by atoms with E-state index in [2.05, 4.69) is 83.3 Å². The van der Waals surface area contributed by atoms with E-state index in [0.717, 1.165) is 41.0 Å². The van der Waals surface area contributed by atoms with Gasteiger partial charge >= 0.3 is 0 Å². The Morgan fingerprint density at radius 3 is 2.53 bits per heavy atom. The molecule has 0 saturated heterocycles. The van der Waals surface area contributed by atoms with Crippen molar-refractivity contribution in [2.24, 2.45) is 0 Å². The average molecular weight is 618 g/mol. The van der Waals surface area contributed by atoms with Gasteiger partial charge in [-0.25, -0.2) is 0 Å². The minimum atomic E-state index is 0. The van der Waals surface area contributed by atoms with Crippen molar-refractivity contribution in [1.82, 2.24) is 9.38 Å². The van der Waals surface area contributed by atoms with Crippen LogP contribution in [-0.4, -0.2) is 16.0 Å². The molecule has 0 amide bonds. The fourth-order valence-corrected chi connectivity index (χ4v) is 5.40. The number of pyridine rings is 1. The van der Waals surface area contributed by atoms with Gasteiger partial charge in [-0.05, 0) is 29.5 Å². The van der Waals surface area contributed by atoms with Crippen molar-refractivity contribution in [3.63, 3.8) is 0 Å². The van der Waals surface area contributed by atoms with Crippen LogP contribution in [0.15, 0.2) is 97.2 Å². The van der Waals surface area contributed by atoms with Gasteiger partial charge in [-0.1, -0.05) is 66.0 Å². The zero-order chi connectivity index (χ0) is 21.8. The van der Waals surface area contributed by atoms with Crippen LogP contribution in [0.1, 0.15) is 23.5 Å². The van der Waals surface area contributed by atoms with E-state index >= 15 is 0 Å². The smallest absolute Gasteiger partial charge is 0.123 e. The predicted molar refractivity (Wildman–Crippen MR) is 133 cm³/mol. The van der Waals surface area contributed by atoms with Gasteiger partial charge < -0.3 is 9.14 Å². The molecule has 0 N–H and O–H groups in total. The molecule has 3 heterocycles. The first kappa shape index (κ1) is 21.1. The first-order valence-corrected chi connectivity index (χ1v) is 11.4. The van der Waals surface area contributed by atoms with E-state index in [9.17, 15) is 0 Å². The Hall–Kier alpha value is -3.46. The minimum absolute atomic E-state index is 0. The summed E-state index contributed by atoms with van der Waals surface area (Å²) in [5, 5.41) is 3.45. The Morgan fingerprint density at radius 1 is 0.824 bits per heavy atom. The zero-order valence-corrected chi connectivity index (χ0v) is 20.8. The third kappa shape index (κ3) is 3.10. The van der Waals surface area contributed by atoms with Gasteiger partial charge in [0.15, 0.2) is 0 Å². The van der Waals surface area contributed by atoms with Gasteiger partial charge in [-0.2, -0.15) is 0 Å². The van der Waals surface area contributed by atoms with Crippen LogP contribution in [0, 0.1) is 6.07 Å². The Kier molecular flexibility index (Phi) is 5.21. The van der Waals surface area contributed by atoms with E-state index in [1.54, 1.807) is 0 Å². The van der Waals surface area contributed by atoms with Gasteiger partial charge in [0, 0.05) is 48.9 Å². The number of para-hydroxylation sites is 2. The number of hydrogen-bond donors (Lipinski definition) is 0. The number of hydrogen-bond acceptors (Lipinski definition) is 2. The van der Waals surface area contributed by atoms with Crippen molar-refractivity contribution in [2.45, 2.75) is 12.3 Å². The topological polar surface area (TPSA) is 26.5 Å². The van der Waals surface area contributed by atoms with Crippen LogP contribution in [0.2, 0.25) is 0 Å². The molecule has 1 aliphatic heterocycles. The molecule has 3 nitrogen and oxygen atoms in total. The van der Waals surface area contributed by atoms with Crippen LogP contribution < -0.4 is 4.74 Å². The molecule has 0 saturated carbocycles. The standard InChI is InChI=1S/C30H21N2O.Ir/c1-3-12-24(20(9-1)22-17-18-33-29-16-8-6-13-25(22)29)28-19-31-30-26-14-4-2-10-21(26)23-11-5-7-15-27(23)32(28)30;/h1-13,15-16,19,22H,17-18H2;/q-1;. The van der Waals surface area contributed by atoms with E-state index < -0.39 is 0 Å². The van der Waals surface area contributed by atoms with Crippen LogP contribution in [0.25, 0.3) is 38.6 Å². The monoisotopic (exact) mass is 618 g/mol. The van der Waals surface area contributed by atoms with Crippen molar-refractivity contribution in [1.29, 1.82) is 0 Å². The maximum atomic E-state index is 5.96. The molecular formula is C30H21IrN2O-. The van der Waals surface area contributed by atoms with Crippen molar-refractivity contribution >= 4 is 27.3 Å². The SMILES string of the molecule is [Ir].[c-]1cccc2c1c1ncc(-c3ccccc3C3CCOc4ccccc43)n1c1ccccc21. The van der Waals surface area contributed by atoms with Gasteiger partial charge in [-0.3, -0.25) is 4.98 Å². The summed E-state index contributed by atoms with van der Waals surface area (Å²) in [7, 11) is 0. The maximum absolute atomic E-state index is 5.96. The molecular weight excluding hydrogens is 597 g/mol. The van der Waals surface area contributed by atoms with Crippen molar-refractivity contribution in [3.05, 3.63) is 114 Å². The summed E-state index contributed by atoms with van der Waals surface area (Å²) in [6.45, 7) is 0.728. The summed E-state index contributed by atoms with van der Waals surface area (Å²) in [6, 6.07) is 35.4. The summed E-state index contributed by atoms with van der Waals surface area (Å²) in [5.74, 6) is 1.28. The number of aromatic nitrogens is 2. The molecule has 0 bridgehead atoms. The van der Waals surface area contributed by atoms with Crippen LogP contribution in [0.5, 0.6) is 5.75 Å². The molecule has 34 heavy (non-hydrogen) atoms. The van der Waals surface area contributed by atoms with E-state index in [0.29, 0.717) is 0 Å². The molecule has 1 aliphatic rings. The molecule has 1 atom stereocenters. The first-order chi connectivity index (χ1) is 16.4. The van der Waals surface area contributed by atoms with Crippen LogP contribution in [0.3, 0.4) is 0 Å². The van der Waals surface area contributed by atoms with E-state index in [1.165, 1.54) is 27.5 Å². The largest absolute Gasteiger partial charge is 0.493 e. The third-order valence-corrected chi connectivity index (χ3v) is 6.85. The number of ether oxygens (including phenoxy) is 1. The van der Waals surface area contributed by atoms with Crippen molar-refractivity contribution in [2.75, 3.05) is 6.61 Å². The van der Waals surface area contributed by atoms with Gasteiger partial charge in [0.05, 0.1) is 17.9 Å². The second kappa shape index (κ2) is 8.39. The molecule has 4 heteroatoms. The van der Waals surface area contributed by atoms with Crippen LogP contribution >= 0.6 is 0 Å². The zero-order valence-electron chi connectivity index (χ0n) is 18.4. The minimum Gasteiger partial charge on any atom is -0.493 e. The molecule has 2 aromatic heterocycles. The Labute approximate surface area is 211 Å².